The fourth-order valence-corrected chi connectivity index (χ4v) is 3.35. The van der Waals surface area contributed by atoms with E-state index >= 15 is 0 Å². The Morgan fingerprint density at radius 3 is 1.33 bits per heavy atom. The van der Waals surface area contributed by atoms with Crippen molar-refractivity contribution in [1.29, 1.82) is 0 Å². The standard InChI is InChI=1S/C21H40O4.2ClH/c1-18(2)19(17-21(24)25)15-13-11-9-7-5-3-4-6-8-10-12-14-16-20(22)23;;/h18-19H,3-17H2,1-2H3,(H,22,23)(H,24,25);2*1H. The zero-order chi connectivity index (χ0) is 18.9. The van der Waals surface area contributed by atoms with E-state index in [-0.39, 0.29) is 24.8 Å². The van der Waals surface area contributed by atoms with Gasteiger partial charge in [0.2, 0.25) is 0 Å². The molecule has 0 aliphatic heterocycles. The van der Waals surface area contributed by atoms with Crippen molar-refractivity contribution in [2.24, 2.45) is 11.8 Å². The van der Waals surface area contributed by atoms with Crippen LogP contribution in [0.1, 0.15) is 110 Å². The predicted molar refractivity (Wildman–Crippen MR) is 117 cm³/mol. The molecule has 0 aliphatic carbocycles. The van der Waals surface area contributed by atoms with Crippen molar-refractivity contribution in [2.45, 2.75) is 110 Å². The number of carboxylic acid groups (broad SMARTS) is 2. The molecule has 0 amide bonds. The molecule has 0 saturated carbocycles. The Morgan fingerprint density at radius 1 is 0.630 bits per heavy atom. The summed E-state index contributed by atoms with van der Waals surface area (Å²) in [4.78, 5) is 21.2. The lowest BCUT2D eigenvalue weighted by molar-refractivity contribution is -0.139. The van der Waals surface area contributed by atoms with E-state index in [1.807, 2.05) is 0 Å². The van der Waals surface area contributed by atoms with Crippen molar-refractivity contribution in [3.05, 3.63) is 0 Å². The van der Waals surface area contributed by atoms with Gasteiger partial charge in [0.05, 0.1) is 0 Å². The second-order valence-electron chi connectivity index (χ2n) is 7.78. The third-order valence-corrected chi connectivity index (χ3v) is 5.10. The summed E-state index contributed by atoms with van der Waals surface area (Å²) in [5.41, 5.74) is 0. The van der Waals surface area contributed by atoms with Crippen LogP contribution in [0.5, 0.6) is 0 Å². The lowest BCUT2D eigenvalue weighted by atomic mass is 9.87. The molecule has 4 nitrogen and oxygen atoms in total. The minimum atomic E-state index is -0.679. The molecule has 0 bridgehead atoms. The van der Waals surface area contributed by atoms with Crippen LogP contribution in [0, 0.1) is 11.8 Å². The Kier molecular flexibility index (Phi) is 25.2. The number of unbranched alkanes of at least 4 members (excludes halogenated alkanes) is 11. The third kappa shape index (κ3) is 23.5. The Labute approximate surface area is 178 Å². The van der Waals surface area contributed by atoms with Gasteiger partial charge in [-0.25, -0.2) is 0 Å². The second-order valence-corrected chi connectivity index (χ2v) is 7.78. The Bertz CT molecular complexity index is 349. The molecule has 0 rings (SSSR count). The van der Waals surface area contributed by atoms with Crippen LogP contribution in [0.4, 0.5) is 0 Å². The summed E-state index contributed by atoms with van der Waals surface area (Å²) >= 11 is 0. The van der Waals surface area contributed by atoms with E-state index in [1.165, 1.54) is 57.8 Å². The lowest BCUT2D eigenvalue weighted by Gasteiger charge is -2.18. The zero-order valence-electron chi connectivity index (χ0n) is 17.3. The minimum absolute atomic E-state index is 0. The van der Waals surface area contributed by atoms with Gasteiger partial charge < -0.3 is 10.2 Å². The van der Waals surface area contributed by atoms with Gasteiger partial charge >= 0.3 is 11.9 Å². The lowest BCUT2D eigenvalue weighted by Crippen LogP contribution is -2.13. The van der Waals surface area contributed by atoms with Gasteiger partial charge in [0.25, 0.3) is 0 Å². The number of halogens is 2. The number of hydrogen-bond donors (Lipinski definition) is 2. The van der Waals surface area contributed by atoms with Crippen molar-refractivity contribution in [3.8, 4) is 0 Å². The van der Waals surface area contributed by atoms with Gasteiger partial charge in [0.1, 0.15) is 0 Å². The van der Waals surface area contributed by atoms with Gasteiger partial charge in [-0.3, -0.25) is 9.59 Å². The average molecular weight is 429 g/mol. The zero-order valence-corrected chi connectivity index (χ0v) is 18.9. The Hall–Kier alpha value is -0.480. The molecule has 6 heteroatoms. The van der Waals surface area contributed by atoms with E-state index in [4.69, 9.17) is 10.2 Å². The Morgan fingerprint density at radius 2 is 1.00 bits per heavy atom. The van der Waals surface area contributed by atoms with Crippen LogP contribution in [-0.4, -0.2) is 22.2 Å². The smallest absolute Gasteiger partial charge is 0.303 e. The largest absolute Gasteiger partial charge is 0.481 e. The van der Waals surface area contributed by atoms with E-state index < -0.39 is 11.9 Å². The number of carboxylic acids is 2. The van der Waals surface area contributed by atoms with E-state index in [9.17, 15) is 9.59 Å². The summed E-state index contributed by atoms with van der Waals surface area (Å²) in [5.74, 6) is -0.560. The summed E-state index contributed by atoms with van der Waals surface area (Å²) in [6, 6.07) is 0. The molecule has 0 aromatic carbocycles. The van der Waals surface area contributed by atoms with E-state index in [0.29, 0.717) is 24.7 Å². The van der Waals surface area contributed by atoms with Crippen LogP contribution in [0.3, 0.4) is 0 Å². The van der Waals surface area contributed by atoms with Crippen LogP contribution in [0.2, 0.25) is 0 Å². The first kappa shape index (κ1) is 31.2. The van der Waals surface area contributed by atoms with Crippen LogP contribution in [0.15, 0.2) is 0 Å². The number of rotatable bonds is 18. The van der Waals surface area contributed by atoms with Gasteiger partial charge in [-0.05, 0) is 24.7 Å². The molecule has 0 heterocycles. The third-order valence-electron chi connectivity index (χ3n) is 5.10. The van der Waals surface area contributed by atoms with Gasteiger partial charge in [-0.2, -0.15) is 0 Å². The fourth-order valence-electron chi connectivity index (χ4n) is 3.35. The Balaban J connectivity index is -0.00000288. The fraction of sp³-hybridized carbons (Fsp3) is 0.905. The van der Waals surface area contributed by atoms with Crippen LogP contribution < -0.4 is 0 Å². The molecule has 0 saturated heterocycles. The van der Waals surface area contributed by atoms with E-state index in [2.05, 4.69) is 13.8 Å². The van der Waals surface area contributed by atoms with Gasteiger partial charge in [-0.1, -0.05) is 84.5 Å². The highest BCUT2D eigenvalue weighted by Gasteiger charge is 2.16. The van der Waals surface area contributed by atoms with Crippen molar-refractivity contribution in [3.63, 3.8) is 0 Å². The summed E-state index contributed by atoms with van der Waals surface area (Å²) in [5, 5.41) is 17.5. The summed E-state index contributed by atoms with van der Waals surface area (Å²) < 4.78 is 0. The topological polar surface area (TPSA) is 74.6 Å². The second kappa shape index (κ2) is 21.8. The summed E-state index contributed by atoms with van der Waals surface area (Å²) in [6.45, 7) is 4.25. The highest BCUT2D eigenvalue weighted by molar-refractivity contribution is 5.85. The molecule has 1 unspecified atom stereocenters. The van der Waals surface area contributed by atoms with Crippen molar-refractivity contribution in [1.82, 2.24) is 0 Å². The predicted octanol–water partition coefficient (Wildman–Crippen LogP) is 7.12. The van der Waals surface area contributed by atoms with Crippen molar-refractivity contribution >= 4 is 36.8 Å². The molecule has 0 radical (unpaired) electrons. The molecule has 0 spiro atoms. The van der Waals surface area contributed by atoms with Crippen molar-refractivity contribution < 1.29 is 19.8 Å². The highest BCUT2D eigenvalue weighted by Crippen LogP contribution is 2.23. The van der Waals surface area contributed by atoms with Crippen LogP contribution >= 0.6 is 24.8 Å². The number of carbonyl (C=O) groups is 2. The first-order chi connectivity index (χ1) is 11.9. The van der Waals surface area contributed by atoms with Crippen molar-refractivity contribution in [2.75, 3.05) is 0 Å². The number of aliphatic carboxylic acids is 2. The monoisotopic (exact) mass is 428 g/mol. The van der Waals surface area contributed by atoms with Gasteiger partial charge in [-0.15, -0.1) is 24.8 Å². The molecular weight excluding hydrogens is 387 g/mol. The molecule has 0 fully saturated rings. The molecule has 27 heavy (non-hydrogen) atoms. The first-order valence-corrected chi connectivity index (χ1v) is 10.4. The van der Waals surface area contributed by atoms with E-state index in [0.717, 1.165) is 25.7 Å². The molecule has 0 aliphatic rings. The number of hydrogen-bond acceptors (Lipinski definition) is 2. The summed E-state index contributed by atoms with van der Waals surface area (Å²) in [7, 11) is 0. The molecule has 0 aromatic heterocycles. The molecule has 0 aromatic rings. The highest BCUT2D eigenvalue weighted by atomic mass is 35.5. The SMILES string of the molecule is CC(C)C(CCCCCCCCCCCCCCC(=O)O)CC(=O)O.Cl.Cl. The quantitative estimate of drug-likeness (QED) is 0.227. The maximum absolute atomic E-state index is 10.9. The molecule has 2 N–H and O–H groups in total. The molecular formula is C21H42Cl2O4. The normalized spacial score (nSPS) is 11.5. The van der Waals surface area contributed by atoms with Gasteiger partial charge in [0, 0.05) is 12.8 Å². The first-order valence-electron chi connectivity index (χ1n) is 10.4. The van der Waals surface area contributed by atoms with Gasteiger partial charge in [0.15, 0.2) is 0 Å². The maximum Gasteiger partial charge on any atom is 0.303 e. The van der Waals surface area contributed by atoms with Crippen LogP contribution in [0.25, 0.3) is 0 Å². The summed E-state index contributed by atoms with van der Waals surface area (Å²) in [6.07, 6.45) is 16.1. The minimum Gasteiger partial charge on any atom is -0.481 e. The molecule has 164 valence electrons. The maximum atomic E-state index is 10.9. The van der Waals surface area contributed by atoms with E-state index in [1.54, 1.807) is 0 Å². The average Bonchev–Trinajstić information content (AvgIpc) is 2.53. The van der Waals surface area contributed by atoms with Crippen LogP contribution in [-0.2, 0) is 9.59 Å². The molecule has 1 atom stereocenters.